The van der Waals surface area contributed by atoms with Crippen LogP contribution in [0, 0.1) is 6.92 Å². The van der Waals surface area contributed by atoms with Gasteiger partial charge in [-0.1, -0.05) is 17.7 Å². The molecule has 0 bridgehead atoms. The molecule has 1 amide bonds. The Balaban J connectivity index is 1.90. The van der Waals surface area contributed by atoms with Gasteiger partial charge in [0.15, 0.2) is 5.82 Å². The van der Waals surface area contributed by atoms with E-state index < -0.39 is 5.41 Å². The van der Waals surface area contributed by atoms with Gasteiger partial charge in [0.25, 0.3) is 0 Å². The topological polar surface area (TPSA) is 63.4 Å². The van der Waals surface area contributed by atoms with Gasteiger partial charge in [0.2, 0.25) is 5.91 Å². The second kappa shape index (κ2) is 5.73. The van der Waals surface area contributed by atoms with E-state index in [1.54, 1.807) is 29.6 Å². The molecule has 6 heteroatoms. The molecule has 3 aromatic heterocycles. The molecule has 138 valence electrons. The summed E-state index contributed by atoms with van der Waals surface area (Å²) in [6.07, 6.45) is 7.12. The molecule has 4 heterocycles. The second-order valence-corrected chi connectivity index (χ2v) is 7.56. The molecule has 0 saturated carbocycles. The maximum atomic E-state index is 13.5. The number of aryl methyl sites for hydroxylation is 1. The number of fused-ring (bicyclic) bond motifs is 3. The van der Waals surface area contributed by atoms with Gasteiger partial charge in [-0.2, -0.15) is 0 Å². The standard InChI is InChI=1S/C22H19N5O/c1-14-6-8-15(9-7-14)27-17-16(22(2,3)21(27)28)20-25-12-5-13-26(20)18(17)19-23-10-4-11-24-19/h4-13H,1-3H3. The minimum Gasteiger partial charge on any atom is -0.296 e. The van der Waals surface area contributed by atoms with Crippen LogP contribution >= 0.6 is 0 Å². The molecule has 1 aliphatic heterocycles. The van der Waals surface area contributed by atoms with Crippen LogP contribution in [0.4, 0.5) is 11.4 Å². The number of aromatic nitrogens is 4. The molecular formula is C22H19N5O. The monoisotopic (exact) mass is 369 g/mol. The van der Waals surface area contributed by atoms with Crippen LogP contribution in [0.15, 0.2) is 61.2 Å². The molecule has 0 saturated heterocycles. The average molecular weight is 369 g/mol. The molecular weight excluding hydrogens is 350 g/mol. The zero-order chi connectivity index (χ0) is 19.5. The van der Waals surface area contributed by atoms with Gasteiger partial charge in [0.05, 0.1) is 11.1 Å². The predicted octanol–water partition coefficient (Wildman–Crippen LogP) is 4.06. The van der Waals surface area contributed by atoms with Crippen LogP contribution in [-0.2, 0) is 10.2 Å². The first-order valence-electron chi connectivity index (χ1n) is 9.18. The van der Waals surface area contributed by atoms with Gasteiger partial charge >= 0.3 is 0 Å². The van der Waals surface area contributed by atoms with Gasteiger partial charge in [0.1, 0.15) is 11.3 Å². The Morgan fingerprint density at radius 1 is 0.929 bits per heavy atom. The van der Waals surface area contributed by atoms with Gasteiger partial charge in [-0.15, -0.1) is 0 Å². The van der Waals surface area contributed by atoms with Crippen molar-refractivity contribution in [1.82, 2.24) is 19.4 Å². The molecule has 0 N–H and O–H groups in total. The number of anilines is 2. The quantitative estimate of drug-likeness (QED) is 0.535. The van der Waals surface area contributed by atoms with Gasteiger partial charge in [-0.05, 0) is 45.0 Å². The van der Waals surface area contributed by atoms with Crippen molar-refractivity contribution < 1.29 is 4.79 Å². The molecule has 0 aliphatic carbocycles. The predicted molar refractivity (Wildman–Crippen MR) is 108 cm³/mol. The van der Waals surface area contributed by atoms with Crippen LogP contribution in [0.25, 0.3) is 17.2 Å². The number of amides is 1. The van der Waals surface area contributed by atoms with E-state index in [-0.39, 0.29) is 5.91 Å². The molecule has 0 fully saturated rings. The van der Waals surface area contributed by atoms with Crippen LogP contribution < -0.4 is 4.90 Å². The van der Waals surface area contributed by atoms with Gasteiger partial charge in [-0.3, -0.25) is 14.1 Å². The van der Waals surface area contributed by atoms with E-state index in [0.29, 0.717) is 5.82 Å². The van der Waals surface area contributed by atoms with Crippen LogP contribution in [0.3, 0.4) is 0 Å². The summed E-state index contributed by atoms with van der Waals surface area (Å²) in [6.45, 7) is 5.93. The third-order valence-corrected chi connectivity index (χ3v) is 5.33. The van der Waals surface area contributed by atoms with E-state index in [9.17, 15) is 4.79 Å². The van der Waals surface area contributed by atoms with E-state index in [4.69, 9.17) is 0 Å². The lowest BCUT2D eigenvalue weighted by Gasteiger charge is -2.22. The Morgan fingerprint density at radius 2 is 1.61 bits per heavy atom. The van der Waals surface area contributed by atoms with E-state index in [1.807, 2.05) is 61.7 Å². The van der Waals surface area contributed by atoms with Crippen molar-refractivity contribution in [2.45, 2.75) is 26.2 Å². The summed E-state index contributed by atoms with van der Waals surface area (Å²) >= 11 is 0. The molecule has 0 unspecified atom stereocenters. The molecule has 5 rings (SSSR count). The summed E-state index contributed by atoms with van der Waals surface area (Å²) in [6, 6.07) is 11.6. The van der Waals surface area contributed by atoms with E-state index in [0.717, 1.165) is 33.8 Å². The molecule has 0 spiro atoms. The lowest BCUT2D eigenvalue weighted by Crippen LogP contribution is -2.34. The normalized spacial score (nSPS) is 15.2. The lowest BCUT2D eigenvalue weighted by molar-refractivity contribution is -0.121. The van der Waals surface area contributed by atoms with Gasteiger partial charge in [0, 0.05) is 36.0 Å². The molecule has 1 aromatic carbocycles. The van der Waals surface area contributed by atoms with Gasteiger partial charge in [-0.25, -0.2) is 15.0 Å². The van der Waals surface area contributed by atoms with Crippen molar-refractivity contribution >= 4 is 22.9 Å². The molecule has 1 aliphatic rings. The molecule has 6 nitrogen and oxygen atoms in total. The van der Waals surface area contributed by atoms with Crippen molar-refractivity contribution in [3.63, 3.8) is 0 Å². The summed E-state index contributed by atoms with van der Waals surface area (Å²) < 4.78 is 1.98. The summed E-state index contributed by atoms with van der Waals surface area (Å²) in [5.41, 5.74) is 4.50. The third kappa shape index (κ3) is 2.14. The minimum atomic E-state index is -0.715. The van der Waals surface area contributed by atoms with Crippen molar-refractivity contribution in [3.8, 4) is 11.5 Å². The highest BCUT2D eigenvalue weighted by Gasteiger charge is 2.49. The van der Waals surface area contributed by atoms with Crippen molar-refractivity contribution in [3.05, 3.63) is 72.3 Å². The Hall–Kier alpha value is -3.54. The minimum absolute atomic E-state index is 0.0201. The molecule has 0 atom stereocenters. The Morgan fingerprint density at radius 3 is 2.32 bits per heavy atom. The maximum absolute atomic E-state index is 13.5. The SMILES string of the molecule is Cc1ccc(N2C(=O)C(C)(C)c3c2c(-c2ncccn2)n2cccnc32)cc1. The Bertz CT molecular complexity index is 1210. The first-order chi connectivity index (χ1) is 13.5. The molecule has 4 aromatic rings. The molecule has 28 heavy (non-hydrogen) atoms. The Labute approximate surface area is 162 Å². The number of carbonyl (C=O) groups is 1. The summed E-state index contributed by atoms with van der Waals surface area (Å²) in [5.74, 6) is 0.584. The number of carbonyl (C=O) groups excluding carboxylic acids is 1. The number of benzene rings is 1. The fourth-order valence-corrected chi connectivity index (χ4v) is 3.93. The first kappa shape index (κ1) is 16.6. The lowest BCUT2D eigenvalue weighted by atomic mass is 9.87. The number of hydrogen-bond donors (Lipinski definition) is 0. The fourth-order valence-electron chi connectivity index (χ4n) is 3.93. The number of rotatable bonds is 2. The van der Waals surface area contributed by atoms with Crippen LogP contribution in [0.1, 0.15) is 25.0 Å². The fraction of sp³-hybridized carbons (Fsp3) is 0.182. The Kier molecular flexibility index (Phi) is 3.40. The highest BCUT2D eigenvalue weighted by molar-refractivity contribution is 6.17. The van der Waals surface area contributed by atoms with Crippen molar-refractivity contribution in [1.29, 1.82) is 0 Å². The largest absolute Gasteiger partial charge is 0.296 e. The summed E-state index contributed by atoms with van der Waals surface area (Å²) in [7, 11) is 0. The number of hydrogen-bond acceptors (Lipinski definition) is 4. The van der Waals surface area contributed by atoms with Crippen LogP contribution in [-0.4, -0.2) is 25.3 Å². The zero-order valence-electron chi connectivity index (χ0n) is 15.9. The first-order valence-corrected chi connectivity index (χ1v) is 9.18. The molecule has 0 radical (unpaired) electrons. The average Bonchev–Trinajstić information content (AvgIpc) is 3.14. The van der Waals surface area contributed by atoms with E-state index in [1.165, 1.54) is 0 Å². The zero-order valence-corrected chi connectivity index (χ0v) is 15.9. The maximum Gasteiger partial charge on any atom is 0.241 e. The highest BCUT2D eigenvalue weighted by Crippen LogP contribution is 2.52. The van der Waals surface area contributed by atoms with Crippen molar-refractivity contribution in [2.24, 2.45) is 0 Å². The smallest absolute Gasteiger partial charge is 0.241 e. The van der Waals surface area contributed by atoms with E-state index >= 15 is 0 Å². The van der Waals surface area contributed by atoms with E-state index in [2.05, 4.69) is 15.0 Å². The summed E-state index contributed by atoms with van der Waals surface area (Å²) in [5, 5.41) is 0. The van der Waals surface area contributed by atoms with Crippen LogP contribution in [0.2, 0.25) is 0 Å². The van der Waals surface area contributed by atoms with Gasteiger partial charge < -0.3 is 0 Å². The van der Waals surface area contributed by atoms with Crippen LogP contribution in [0.5, 0.6) is 0 Å². The number of nitrogens with zero attached hydrogens (tertiary/aromatic N) is 5. The van der Waals surface area contributed by atoms with Crippen molar-refractivity contribution in [2.75, 3.05) is 4.90 Å². The summed E-state index contributed by atoms with van der Waals surface area (Å²) in [4.78, 5) is 28.8. The highest BCUT2D eigenvalue weighted by atomic mass is 16.2. The third-order valence-electron chi connectivity index (χ3n) is 5.33. The second-order valence-electron chi connectivity index (χ2n) is 7.56.